The van der Waals surface area contributed by atoms with Crippen LogP contribution in [0.3, 0.4) is 0 Å². The van der Waals surface area contributed by atoms with Crippen molar-refractivity contribution in [1.82, 2.24) is 14.5 Å². The van der Waals surface area contributed by atoms with Crippen molar-refractivity contribution < 1.29 is 0 Å². The number of benzene rings is 1. The van der Waals surface area contributed by atoms with Crippen LogP contribution in [0.25, 0.3) is 5.69 Å². The molecule has 0 amide bonds. The van der Waals surface area contributed by atoms with Gasteiger partial charge in [-0.1, -0.05) is 12.1 Å². The van der Waals surface area contributed by atoms with Crippen molar-refractivity contribution in [3.63, 3.8) is 0 Å². The van der Waals surface area contributed by atoms with Gasteiger partial charge in [0.25, 0.3) is 0 Å². The molecule has 2 aliphatic rings. The number of hydrogen-bond acceptors (Lipinski definition) is 5. The molecule has 25 heavy (non-hydrogen) atoms. The lowest BCUT2D eigenvalue weighted by molar-refractivity contribution is -0.0888. The van der Waals surface area contributed by atoms with Gasteiger partial charge in [0.2, 0.25) is 0 Å². The molecule has 0 radical (unpaired) electrons. The molecule has 1 aliphatic heterocycles. The number of likely N-dealkylation sites (tertiary alicyclic amines) is 1. The maximum Gasteiger partial charge on any atom is 0.354 e. The van der Waals surface area contributed by atoms with Gasteiger partial charge < -0.3 is 11.5 Å². The highest BCUT2D eigenvalue weighted by atomic mass is 16.1. The monoisotopic (exact) mass is 339 g/mol. The van der Waals surface area contributed by atoms with Crippen molar-refractivity contribution >= 4 is 5.82 Å². The summed E-state index contributed by atoms with van der Waals surface area (Å²) < 4.78 is 1.50. The van der Waals surface area contributed by atoms with Crippen LogP contribution in [-0.2, 0) is 6.42 Å². The van der Waals surface area contributed by atoms with Crippen LogP contribution in [-0.4, -0.2) is 39.6 Å². The van der Waals surface area contributed by atoms with Gasteiger partial charge in [-0.05, 0) is 55.4 Å². The van der Waals surface area contributed by atoms with Gasteiger partial charge in [-0.15, -0.1) is 0 Å². The summed E-state index contributed by atoms with van der Waals surface area (Å²) in [6.45, 7) is 4.66. The van der Waals surface area contributed by atoms with Crippen LogP contribution in [0.15, 0.2) is 41.3 Å². The lowest BCUT2D eigenvalue weighted by Crippen LogP contribution is -2.67. The molecule has 4 N–H and O–H groups in total. The van der Waals surface area contributed by atoms with E-state index < -0.39 is 0 Å². The molecule has 4 rings (SSSR count). The lowest BCUT2D eigenvalue weighted by atomic mass is 9.60. The van der Waals surface area contributed by atoms with Gasteiger partial charge in [-0.2, -0.15) is 4.98 Å². The van der Waals surface area contributed by atoms with Gasteiger partial charge in [0.05, 0.1) is 5.69 Å². The Hall–Kier alpha value is -2.18. The number of hydrogen-bond donors (Lipinski definition) is 2. The van der Waals surface area contributed by atoms with E-state index >= 15 is 0 Å². The van der Waals surface area contributed by atoms with E-state index in [0.717, 1.165) is 12.1 Å². The Morgan fingerprint density at radius 1 is 1.24 bits per heavy atom. The quantitative estimate of drug-likeness (QED) is 0.873. The van der Waals surface area contributed by atoms with Crippen molar-refractivity contribution in [3.05, 3.63) is 52.6 Å². The van der Waals surface area contributed by atoms with Crippen molar-refractivity contribution in [2.45, 2.75) is 38.3 Å². The largest absolute Gasteiger partial charge is 0.383 e. The molecule has 1 spiro atoms. The van der Waals surface area contributed by atoms with Crippen LogP contribution < -0.4 is 17.2 Å². The Morgan fingerprint density at radius 2 is 1.92 bits per heavy atom. The first-order valence-corrected chi connectivity index (χ1v) is 8.88. The Bertz CT molecular complexity index is 814. The molecule has 2 heterocycles. The second kappa shape index (κ2) is 5.97. The summed E-state index contributed by atoms with van der Waals surface area (Å²) in [5, 5.41) is 0. The minimum absolute atomic E-state index is 0.242. The summed E-state index contributed by atoms with van der Waals surface area (Å²) >= 11 is 0. The van der Waals surface area contributed by atoms with Crippen LogP contribution >= 0.6 is 0 Å². The molecule has 1 saturated carbocycles. The smallest absolute Gasteiger partial charge is 0.354 e. The van der Waals surface area contributed by atoms with Crippen LogP contribution in [0.1, 0.15) is 25.3 Å². The Labute approximate surface area is 147 Å². The molecule has 1 atom stereocenters. The van der Waals surface area contributed by atoms with E-state index in [2.05, 4.69) is 28.9 Å². The summed E-state index contributed by atoms with van der Waals surface area (Å²) in [6, 6.07) is 10.7. The fourth-order valence-corrected chi connectivity index (χ4v) is 4.31. The predicted octanol–water partition coefficient (Wildman–Crippen LogP) is 1.17. The fraction of sp³-hybridized carbons (Fsp3) is 0.474. The third kappa shape index (κ3) is 3.07. The van der Waals surface area contributed by atoms with Crippen molar-refractivity contribution in [1.29, 1.82) is 0 Å². The topological polar surface area (TPSA) is 90.2 Å². The SMILES string of the molecule is CC(Cc1ccc(-n2ccc(N)nc2=O)cc1)N1CC2(CC(N)C2)C1. The maximum atomic E-state index is 11.9. The maximum absolute atomic E-state index is 11.9. The van der Waals surface area contributed by atoms with Gasteiger partial charge in [0, 0.05) is 31.4 Å². The summed E-state index contributed by atoms with van der Waals surface area (Å²) in [5.74, 6) is 0.242. The Kier molecular flexibility index (Phi) is 3.89. The zero-order valence-corrected chi connectivity index (χ0v) is 14.6. The molecule has 6 heteroatoms. The molecule has 1 aromatic carbocycles. The first-order chi connectivity index (χ1) is 11.9. The summed E-state index contributed by atoms with van der Waals surface area (Å²) in [5.41, 5.74) is 13.7. The van der Waals surface area contributed by atoms with E-state index in [1.807, 2.05) is 12.1 Å². The third-order valence-corrected chi connectivity index (χ3v) is 5.66. The normalized spacial score (nSPS) is 20.9. The van der Waals surface area contributed by atoms with Crippen LogP contribution in [0.4, 0.5) is 5.82 Å². The molecular weight excluding hydrogens is 314 g/mol. The van der Waals surface area contributed by atoms with Gasteiger partial charge in [0.1, 0.15) is 5.82 Å². The zero-order chi connectivity index (χ0) is 17.6. The fourth-order valence-electron chi connectivity index (χ4n) is 4.31. The first-order valence-electron chi connectivity index (χ1n) is 8.88. The summed E-state index contributed by atoms with van der Waals surface area (Å²) in [6.07, 6.45) is 5.05. The summed E-state index contributed by atoms with van der Waals surface area (Å²) in [4.78, 5) is 18.2. The number of rotatable bonds is 4. The second-order valence-corrected chi connectivity index (χ2v) is 7.80. The van der Waals surface area contributed by atoms with Crippen molar-refractivity contribution in [2.24, 2.45) is 11.1 Å². The molecule has 1 aromatic heterocycles. The number of anilines is 1. The highest BCUT2D eigenvalue weighted by Crippen LogP contribution is 2.48. The molecule has 2 aromatic rings. The molecular formula is C19H25N5O. The molecule has 1 unspecified atom stereocenters. The zero-order valence-electron chi connectivity index (χ0n) is 14.6. The molecule has 6 nitrogen and oxygen atoms in total. The Morgan fingerprint density at radius 3 is 2.52 bits per heavy atom. The van der Waals surface area contributed by atoms with E-state index in [0.29, 0.717) is 17.5 Å². The molecule has 1 aliphatic carbocycles. The second-order valence-electron chi connectivity index (χ2n) is 7.80. The minimum Gasteiger partial charge on any atom is -0.383 e. The van der Waals surface area contributed by atoms with Gasteiger partial charge in [-0.25, -0.2) is 4.79 Å². The predicted molar refractivity (Wildman–Crippen MR) is 98.6 cm³/mol. The number of aromatic nitrogens is 2. The number of nitrogens with two attached hydrogens (primary N) is 2. The average Bonchev–Trinajstić information content (AvgIpc) is 2.50. The van der Waals surface area contributed by atoms with Gasteiger partial charge >= 0.3 is 5.69 Å². The third-order valence-electron chi connectivity index (χ3n) is 5.66. The van der Waals surface area contributed by atoms with E-state index in [-0.39, 0.29) is 11.5 Å². The van der Waals surface area contributed by atoms with E-state index in [4.69, 9.17) is 11.5 Å². The standard InChI is InChI=1S/C19H25N5O/c1-13(23-11-19(12-23)9-15(20)10-19)8-14-2-4-16(5-3-14)24-7-6-17(21)22-18(24)25/h2-7,13,15H,8-12,20H2,1H3,(H2,21,22,25). The van der Waals surface area contributed by atoms with E-state index in [9.17, 15) is 4.79 Å². The van der Waals surface area contributed by atoms with Crippen LogP contribution in [0.2, 0.25) is 0 Å². The van der Waals surface area contributed by atoms with Crippen molar-refractivity contribution in [3.8, 4) is 5.69 Å². The first kappa shape index (κ1) is 16.3. The minimum atomic E-state index is -0.356. The Balaban J connectivity index is 1.38. The number of nitrogens with zero attached hydrogens (tertiary/aromatic N) is 3. The lowest BCUT2D eigenvalue weighted by Gasteiger charge is -2.60. The van der Waals surface area contributed by atoms with Crippen molar-refractivity contribution in [2.75, 3.05) is 18.8 Å². The van der Waals surface area contributed by atoms with Gasteiger partial charge in [-0.3, -0.25) is 9.47 Å². The van der Waals surface area contributed by atoms with Crippen LogP contribution in [0, 0.1) is 5.41 Å². The molecule has 0 bridgehead atoms. The molecule has 1 saturated heterocycles. The highest BCUT2D eigenvalue weighted by Gasteiger charge is 2.51. The average molecular weight is 339 g/mol. The van der Waals surface area contributed by atoms with E-state index in [1.54, 1.807) is 12.3 Å². The van der Waals surface area contributed by atoms with E-state index in [1.165, 1.54) is 36.1 Å². The molecule has 132 valence electrons. The number of nitrogen functional groups attached to an aromatic ring is 1. The molecule has 2 fully saturated rings. The van der Waals surface area contributed by atoms with Gasteiger partial charge in [0.15, 0.2) is 0 Å². The highest BCUT2D eigenvalue weighted by molar-refractivity contribution is 5.36. The summed E-state index contributed by atoms with van der Waals surface area (Å²) in [7, 11) is 0. The van der Waals surface area contributed by atoms with Crippen LogP contribution in [0.5, 0.6) is 0 Å².